The van der Waals surface area contributed by atoms with E-state index in [-0.39, 0.29) is 12.2 Å². The molecule has 0 bridgehead atoms. The van der Waals surface area contributed by atoms with Crippen molar-refractivity contribution in [3.8, 4) is 22.8 Å². The molecule has 1 heterocycles. The minimum atomic E-state index is -0.919. The van der Waals surface area contributed by atoms with Gasteiger partial charge in [-0.1, -0.05) is 103 Å². The lowest BCUT2D eigenvalue weighted by Gasteiger charge is -2.23. The molecule has 6 rings (SSSR count). The van der Waals surface area contributed by atoms with Crippen LogP contribution < -0.4 is 0 Å². The normalized spacial score (nSPS) is 16.1. The molecular weight excluding hydrogens is 571 g/mol. The van der Waals surface area contributed by atoms with Gasteiger partial charge in [0.05, 0.1) is 12.2 Å². The van der Waals surface area contributed by atoms with Crippen LogP contribution in [0.5, 0.6) is 0 Å². The number of aromatic nitrogens is 2. The second-order valence-electron chi connectivity index (χ2n) is 11.2. The predicted molar refractivity (Wildman–Crippen MR) is 166 cm³/mol. The molecule has 2 aliphatic rings. The van der Waals surface area contributed by atoms with Crippen molar-refractivity contribution in [1.82, 2.24) is 10.1 Å². The Morgan fingerprint density at radius 2 is 1.31 bits per heavy atom. The summed E-state index contributed by atoms with van der Waals surface area (Å²) in [5.74, 6) is 1.15. The molecule has 0 saturated heterocycles. The molecule has 220 valence electrons. The molecule has 0 amide bonds. The first-order valence-corrected chi connectivity index (χ1v) is 15.5. The quantitative estimate of drug-likeness (QED) is 0.227. The van der Waals surface area contributed by atoms with Gasteiger partial charge in [0.25, 0.3) is 5.89 Å². The summed E-state index contributed by atoms with van der Waals surface area (Å²) in [7, 11) is 0. The summed E-state index contributed by atoms with van der Waals surface area (Å²) in [6.07, 6.45) is 12.5. The number of rotatable bonds is 6. The largest absolute Gasteiger partial charge is 0.478 e. The number of aliphatic hydroxyl groups excluding tert-OH is 1. The molecule has 42 heavy (non-hydrogen) atoms. The van der Waals surface area contributed by atoms with Crippen LogP contribution in [0.25, 0.3) is 22.8 Å². The van der Waals surface area contributed by atoms with E-state index in [0.717, 1.165) is 27.3 Å². The highest BCUT2D eigenvalue weighted by Crippen LogP contribution is 2.38. The van der Waals surface area contributed by atoms with Crippen molar-refractivity contribution < 1.29 is 19.5 Å². The molecule has 1 aromatic heterocycles. The fourth-order valence-electron chi connectivity index (χ4n) is 6.03. The van der Waals surface area contributed by atoms with Crippen molar-refractivity contribution in [1.29, 1.82) is 0 Å². The zero-order chi connectivity index (χ0) is 29.5. The molecule has 2 N–H and O–H groups in total. The summed E-state index contributed by atoms with van der Waals surface area (Å²) in [6, 6.07) is 18.6. The Bertz CT molecular complexity index is 1490. The summed E-state index contributed by atoms with van der Waals surface area (Å²) < 4.78 is 5.43. The first-order chi connectivity index (χ1) is 20.4. The van der Waals surface area contributed by atoms with E-state index in [1.54, 1.807) is 12.1 Å². The summed E-state index contributed by atoms with van der Waals surface area (Å²) in [4.78, 5) is 15.3. The molecule has 0 aliphatic heterocycles. The maximum absolute atomic E-state index is 10.8. The second-order valence-corrected chi connectivity index (χ2v) is 12.0. The minimum absolute atomic E-state index is 0.0175. The number of hydrogen-bond donors (Lipinski definition) is 2. The topological polar surface area (TPSA) is 96.5 Å². The molecule has 6 nitrogen and oxygen atoms in total. The first-order valence-electron chi connectivity index (χ1n) is 14.8. The van der Waals surface area contributed by atoms with Crippen molar-refractivity contribution in [3.63, 3.8) is 0 Å². The van der Waals surface area contributed by atoms with E-state index in [9.17, 15) is 4.79 Å². The van der Waals surface area contributed by atoms with Crippen LogP contribution >= 0.6 is 23.2 Å². The van der Waals surface area contributed by atoms with Crippen LogP contribution in [0, 0.1) is 0 Å². The average Bonchev–Trinajstić information content (AvgIpc) is 3.53. The Hall–Kier alpha value is -3.19. The lowest BCUT2D eigenvalue weighted by molar-refractivity contribution is 0.0697. The van der Waals surface area contributed by atoms with Crippen molar-refractivity contribution in [2.75, 3.05) is 0 Å². The highest BCUT2D eigenvalue weighted by molar-refractivity contribution is 6.32. The summed E-state index contributed by atoms with van der Waals surface area (Å²) in [6.45, 7) is 0.0175. The summed E-state index contributed by atoms with van der Waals surface area (Å²) >= 11 is 12.7. The fourth-order valence-corrected chi connectivity index (χ4v) is 6.70. The monoisotopic (exact) mass is 606 g/mol. The highest BCUT2D eigenvalue weighted by Gasteiger charge is 2.20. The molecule has 0 unspecified atom stereocenters. The standard InChI is InChI=1S/C21H21ClN2O2.C13H15ClO2/c22-19-12-17(10-11-18(19)15-4-2-1-3-5-15)21-23-20(24-26-21)16-8-6-14(13-25)7-9-16;14-12-8-10(13(15)16)6-7-11(12)9-4-2-1-3-5-9/h6-12,15,25H,1-5,13H2;6-9H,1-5H2,(H,15,16). The van der Waals surface area contributed by atoms with Gasteiger partial charge in [-0.05, 0) is 78.5 Å². The van der Waals surface area contributed by atoms with Crippen LogP contribution in [0.3, 0.4) is 0 Å². The SMILES string of the molecule is O=C(O)c1ccc(C2CCCCC2)c(Cl)c1.OCc1ccc(-c2noc(-c3ccc(C4CCCCC4)c(Cl)c3)n2)cc1. The number of hydrogen-bond acceptors (Lipinski definition) is 5. The molecule has 0 atom stereocenters. The van der Waals surface area contributed by atoms with Crippen LogP contribution in [-0.4, -0.2) is 26.3 Å². The molecule has 2 saturated carbocycles. The highest BCUT2D eigenvalue weighted by atomic mass is 35.5. The van der Waals surface area contributed by atoms with Crippen LogP contribution in [0.15, 0.2) is 65.2 Å². The third-order valence-corrected chi connectivity index (χ3v) is 9.06. The Morgan fingerprint density at radius 3 is 1.83 bits per heavy atom. The maximum Gasteiger partial charge on any atom is 0.335 e. The van der Waals surface area contributed by atoms with Gasteiger partial charge in [-0.15, -0.1) is 0 Å². The predicted octanol–water partition coefficient (Wildman–Crippen LogP) is 9.68. The molecule has 0 radical (unpaired) electrons. The summed E-state index contributed by atoms with van der Waals surface area (Å²) in [5.41, 5.74) is 5.15. The number of nitrogens with zero attached hydrogens (tertiary/aromatic N) is 2. The molecule has 2 fully saturated rings. The number of aromatic carboxylic acids is 1. The van der Waals surface area contributed by atoms with Gasteiger partial charge >= 0.3 is 5.97 Å². The number of halogens is 2. The van der Waals surface area contributed by atoms with Gasteiger partial charge in [0.15, 0.2) is 0 Å². The van der Waals surface area contributed by atoms with E-state index >= 15 is 0 Å². The van der Waals surface area contributed by atoms with Gasteiger partial charge in [-0.3, -0.25) is 0 Å². The second kappa shape index (κ2) is 14.3. The molecule has 0 spiro atoms. The molecule has 3 aromatic carbocycles. The van der Waals surface area contributed by atoms with Crippen LogP contribution in [-0.2, 0) is 6.61 Å². The third kappa shape index (κ3) is 7.41. The fraction of sp³-hybridized carbons (Fsp3) is 0.382. The Kier molecular flexibility index (Phi) is 10.3. The smallest absolute Gasteiger partial charge is 0.335 e. The van der Waals surface area contributed by atoms with Gasteiger partial charge in [0.2, 0.25) is 5.82 Å². The minimum Gasteiger partial charge on any atom is -0.478 e. The third-order valence-electron chi connectivity index (χ3n) is 8.41. The number of carboxylic acids is 1. The van der Waals surface area contributed by atoms with Gasteiger partial charge in [0, 0.05) is 21.2 Å². The maximum atomic E-state index is 10.8. The Labute approximate surface area is 256 Å². The van der Waals surface area contributed by atoms with Crippen molar-refractivity contribution in [3.05, 3.63) is 93.0 Å². The Morgan fingerprint density at radius 1 is 0.762 bits per heavy atom. The number of carboxylic acid groups (broad SMARTS) is 1. The molecule has 8 heteroatoms. The van der Waals surface area contributed by atoms with E-state index in [2.05, 4.69) is 16.2 Å². The van der Waals surface area contributed by atoms with Crippen LogP contribution in [0.1, 0.15) is 103 Å². The van der Waals surface area contributed by atoms with E-state index < -0.39 is 5.97 Å². The zero-order valence-corrected chi connectivity index (χ0v) is 25.1. The van der Waals surface area contributed by atoms with Gasteiger partial charge in [0.1, 0.15) is 0 Å². The van der Waals surface area contributed by atoms with E-state index in [0.29, 0.717) is 28.6 Å². The first kappa shape index (κ1) is 30.3. The lowest BCUT2D eigenvalue weighted by Crippen LogP contribution is -2.06. The van der Waals surface area contributed by atoms with E-state index in [4.69, 9.17) is 37.9 Å². The molecule has 2 aliphatic carbocycles. The molecule has 4 aromatic rings. The van der Waals surface area contributed by atoms with Crippen molar-refractivity contribution in [2.45, 2.75) is 82.7 Å². The van der Waals surface area contributed by atoms with Gasteiger partial charge in [-0.2, -0.15) is 4.98 Å². The van der Waals surface area contributed by atoms with Crippen LogP contribution in [0.2, 0.25) is 10.0 Å². The van der Waals surface area contributed by atoms with E-state index in [1.165, 1.54) is 69.8 Å². The lowest BCUT2D eigenvalue weighted by atomic mass is 9.84. The molecular formula is C34H36Cl2N2O4. The average molecular weight is 608 g/mol. The van der Waals surface area contributed by atoms with Gasteiger partial charge in [-0.25, -0.2) is 4.79 Å². The van der Waals surface area contributed by atoms with E-state index in [1.807, 2.05) is 42.5 Å². The van der Waals surface area contributed by atoms with Gasteiger partial charge < -0.3 is 14.7 Å². The van der Waals surface area contributed by atoms with Crippen molar-refractivity contribution >= 4 is 29.2 Å². The van der Waals surface area contributed by atoms with Crippen molar-refractivity contribution in [2.24, 2.45) is 0 Å². The number of aliphatic hydroxyl groups is 1. The summed E-state index contributed by atoms with van der Waals surface area (Å²) in [5, 5.41) is 23.4. The van der Waals surface area contributed by atoms with Crippen LogP contribution in [0.4, 0.5) is 0 Å². The zero-order valence-electron chi connectivity index (χ0n) is 23.6. The number of benzene rings is 3. The number of carbonyl (C=O) groups is 1. The Balaban J connectivity index is 0.000000189.